The fourth-order valence-corrected chi connectivity index (χ4v) is 1.96. The van der Waals surface area contributed by atoms with Gasteiger partial charge >= 0.3 is 0 Å². The van der Waals surface area contributed by atoms with Gasteiger partial charge in [0.05, 0.1) is 6.61 Å². The van der Waals surface area contributed by atoms with Crippen LogP contribution in [-0.4, -0.2) is 19.0 Å². The highest BCUT2D eigenvalue weighted by Gasteiger charge is 1.96. The normalized spacial score (nSPS) is 10.3. The van der Waals surface area contributed by atoms with Crippen molar-refractivity contribution in [1.29, 1.82) is 0 Å². The van der Waals surface area contributed by atoms with Crippen molar-refractivity contribution in [2.75, 3.05) is 19.0 Å². The van der Waals surface area contributed by atoms with E-state index in [1.54, 1.807) is 0 Å². The molecule has 0 N–H and O–H groups in total. The van der Waals surface area contributed by atoms with Gasteiger partial charge in [0.2, 0.25) is 0 Å². The largest absolute Gasteiger partial charge is 0.381 e. The molecule has 2 heteroatoms. The Morgan fingerprint density at radius 2 is 2.08 bits per heavy atom. The molecular weight excluding hydrogens is 180 g/mol. The quantitative estimate of drug-likeness (QED) is 0.528. The van der Waals surface area contributed by atoms with E-state index in [-0.39, 0.29) is 0 Å². The van der Waals surface area contributed by atoms with Gasteiger partial charge in [-0.05, 0) is 25.5 Å². The van der Waals surface area contributed by atoms with Crippen LogP contribution >= 0.6 is 11.8 Å². The monoisotopic (exact) mass is 196 g/mol. The van der Waals surface area contributed by atoms with Crippen LogP contribution in [0, 0.1) is 6.92 Å². The van der Waals surface area contributed by atoms with Crippen LogP contribution in [0.2, 0.25) is 0 Å². The van der Waals surface area contributed by atoms with E-state index in [0.29, 0.717) is 0 Å². The SMILES string of the molecule is CCOCCSc1ccccc1C. The van der Waals surface area contributed by atoms with Gasteiger partial charge in [-0.2, -0.15) is 0 Å². The molecule has 1 nitrogen and oxygen atoms in total. The lowest BCUT2D eigenvalue weighted by molar-refractivity contribution is 0.164. The van der Waals surface area contributed by atoms with Gasteiger partial charge in [-0.15, -0.1) is 11.8 Å². The minimum Gasteiger partial charge on any atom is -0.381 e. The molecular formula is C11H16OS. The van der Waals surface area contributed by atoms with Crippen molar-refractivity contribution in [3.8, 4) is 0 Å². The van der Waals surface area contributed by atoms with Crippen molar-refractivity contribution in [1.82, 2.24) is 0 Å². The predicted molar refractivity (Wildman–Crippen MR) is 58.4 cm³/mol. The molecule has 0 unspecified atom stereocenters. The Morgan fingerprint density at radius 3 is 2.77 bits per heavy atom. The molecule has 0 amide bonds. The van der Waals surface area contributed by atoms with E-state index < -0.39 is 0 Å². The summed E-state index contributed by atoms with van der Waals surface area (Å²) < 4.78 is 5.27. The maximum absolute atomic E-state index is 5.27. The molecule has 1 aromatic carbocycles. The van der Waals surface area contributed by atoms with Crippen LogP contribution in [0.5, 0.6) is 0 Å². The Bertz CT molecular complexity index is 248. The number of ether oxygens (including phenoxy) is 1. The third-order valence-corrected chi connectivity index (χ3v) is 2.92. The van der Waals surface area contributed by atoms with Gasteiger partial charge in [0.1, 0.15) is 0 Å². The second kappa shape index (κ2) is 6.06. The van der Waals surface area contributed by atoms with Gasteiger partial charge in [0.25, 0.3) is 0 Å². The summed E-state index contributed by atoms with van der Waals surface area (Å²) in [5, 5.41) is 0. The molecule has 0 heterocycles. The Balaban J connectivity index is 2.32. The van der Waals surface area contributed by atoms with Crippen LogP contribution in [0.15, 0.2) is 29.2 Å². The summed E-state index contributed by atoms with van der Waals surface area (Å²) in [6, 6.07) is 8.45. The lowest BCUT2D eigenvalue weighted by atomic mass is 10.2. The lowest BCUT2D eigenvalue weighted by Crippen LogP contribution is -1.96. The van der Waals surface area contributed by atoms with Gasteiger partial charge in [-0.3, -0.25) is 0 Å². The first-order valence-electron chi connectivity index (χ1n) is 4.60. The number of hydrogen-bond acceptors (Lipinski definition) is 2. The van der Waals surface area contributed by atoms with Crippen LogP contribution in [0.4, 0.5) is 0 Å². The Hall–Kier alpha value is -0.470. The molecule has 1 rings (SSSR count). The summed E-state index contributed by atoms with van der Waals surface area (Å²) in [6.45, 7) is 5.82. The summed E-state index contributed by atoms with van der Waals surface area (Å²) >= 11 is 1.86. The van der Waals surface area contributed by atoms with E-state index in [9.17, 15) is 0 Å². The zero-order valence-electron chi connectivity index (χ0n) is 8.25. The fraction of sp³-hybridized carbons (Fsp3) is 0.455. The maximum Gasteiger partial charge on any atom is 0.0560 e. The van der Waals surface area contributed by atoms with Crippen LogP contribution in [0.3, 0.4) is 0 Å². The van der Waals surface area contributed by atoms with Crippen molar-refractivity contribution in [3.63, 3.8) is 0 Å². The molecule has 0 bridgehead atoms. The average molecular weight is 196 g/mol. The summed E-state index contributed by atoms with van der Waals surface area (Å²) in [6.07, 6.45) is 0. The highest BCUT2D eigenvalue weighted by molar-refractivity contribution is 7.99. The molecule has 72 valence electrons. The molecule has 1 aromatic rings. The maximum atomic E-state index is 5.27. The van der Waals surface area contributed by atoms with Gasteiger partial charge in [0.15, 0.2) is 0 Å². The van der Waals surface area contributed by atoms with Crippen LogP contribution in [0.1, 0.15) is 12.5 Å². The molecule has 0 aliphatic heterocycles. The molecule has 0 aromatic heterocycles. The summed E-state index contributed by atoms with van der Waals surface area (Å²) in [7, 11) is 0. The fourth-order valence-electron chi connectivity index (χ4n) is 1.07. The number of aryl methyl sites for hydroxylation is 1. The van der Waals surface area contributed by atoms with Crippen molar-refractivity contribution in [2.24, 2.45) is 0 Å². The van der Waals surface area contributed by atoms with Gasteiger partial charge in [-0.1, -0.05) is 18.2 Å². The molecule has 0 saturated heterocycles. The molecule has 0 aliphatic rings. The molecule has 0 radical (unpaired) electrons. The number of rotatable bonds is 5. The minimum atomic E-state index is 0.814. The average Bonchev–Trinajstić information content (AvgIpc) is 2.15. The van der Waals surface area contributed by atoms with E-state index in [1.807, 2.05) is 18.7 Å². The molecule has 0 spiro atoms. The second-order valence-corrected chi connectivity index (χ2v) is 3.95. The van der Waals surface area contributed by atoms with Gasteiger partial charge < -0.3 is 4.74 Å². The molecule has 0 aliphatic carbocycles. The number of thioether (sulfide) groups is 1. The van der Waals surface area contributed by atoms with Crippen LogP contribution in [0.25, 0.3) is 0 Å². The van der Waals surface area contributed by atoms with E-state index in [1.165, 1.54) is 10.5 Å². The van der Waals surface area contributed by atoms with Gasteiger partial charge in [-0.25, -0.2) is 0 Å². The first kappa shape index (κ1) is 10.6. The number of benzene rings is 1. The Kier molecular flexibility index (Phi) is 4.94. The summed E-state index contributed by atoms with van der Waals surface area (Å²) in [5.41, 5.74) is 1.35. The van der Waals surface area contributed by atoms with Gasteiger partial charge in [0, 0.05) is 17.3 Å². The van der Waals surface area contributed by atoms with Crippen molar-refractivity contribution >= 4 is 11.8 Å². The van der Waals surface area contributed by atoms with E-state index >= 15 is 0 Å². The smallest absolute Gasteiger partial charge is 0.0560 e. The van der Waals surface area contributed by atoms with Crippen molar-refractivity contribution < 1.29 is 4.74 Å². The van der Waals surface area contributed by atoms with E-state index in [4.69, 9.17) is 4.74 Å². The highest BCUT2D eigenvalue weighted by atomic mass is 32.2. The van der Waals surface area contributed by atoms with Crippen LogP contribution < -0.4 is 0 Å². The first-order valence-corrected chi connectivity index (χ1v) is 5.59. The number of hydrogen-bond donors (Lipinski definition) is 0. The summed E-state index contributed by atoms with van der Waals surface area (Å²) in [5.74, 6) is 1.04. The standard InChI is InChI=1S/C11H16OS/c1-3-12-8-9-13-11-7-5-4-6-10(11)2/h4-7H,3,8-9H2,1-2H3. The Morgan fingerprint density at radius 1 is 1.31 bits per heavy atom. The zero-order chi connectivity index (χ0) is 9.52. The minimum absolute atomic E-state index is 0.814. The van der Waals surface area contributed by atoms with Crippen LogP contribution in [-0.2, 0) is 4.74 Å². The van der Waals surface area contributed by atoms with Crippen molar-refractivity contribution in [3.05, 3.63) is 29.8 Å². The zero-order valence-corrected chi connectivity index (χ0v) is 9.06. The van der Waals surface area contributed by atoms with E-state index in [2.05, 4.69) is 31.2 Å². The second-order valence-electron chi connectivity index (χ2n) is 2.81. The third kappa shape index (κ3) is 3.83. The molecule has 0 atom stereocenters. The van der Waals surface area contributed by atoms with E-state index in [0.717, 1.165) is 19.0 Å². The topological polar surface area (TPSA) is 9.23 Å². The molecule has 13 heavy (non-hydrogen) atoms. The predicted octanol–water partition coefficient (Wildman–Crippen LogP) is 3.12. The lowest BCUT2D eigenvalue weighted by Gasteiger charge is -2.04. The highest BCUT2D eigenvalue weighted by Crippen LogP contribution is 2.21. The molecule has 0 fully saturated rings. The first-order chi connectivity index (χ1) is 6.34. The van der Waals surface area contributed by atoms with Crippen molar-refractivity contribution in [2.45, 2.75) is 18.7 Å². The molecule has 0 saturated carbocycles. The third-order valence-electron chi connectivity index (χ3n) is 1.78. The summed E-state index contributed by atoms with van der Waals surface area (Å²) in [4.78, 5) is 1.36. The Labute approximate surface area is 84.5 Å².